The molecule has 1 fully saturated rings. The van der Waals surface area contributed by atoms with Crippen molar-refractivity contribution in [2.45, 2.75) is 6.54 Å². The van der Waals surface area contributed by atoms with Crippen LogP contribution in [0.3, 0.4) is 0 Å². The molecule has 1 heterocycles. The largest absolute Gasteiger partial charge is 0.497 e. The van der Waals surface area contributed by atoms with Crippen LogP contribution in [0.2, 0.25) is 5.02 Å². The third-order valence-corrected chi connectivity index (χ3v) is 5.26. The van der Waals surface area contributed by atoms with Crippen molar-refractivity contribution in [3.63, 3.8) is 0 Å². The monoisotopic (exact) mass is 557 g/mol. The molecule has 1 aliphatic rings. The number of nitrogens with one attached hydrogen (secondary N) is 2. The summed E-state index contributed by atoms with van der Waals surface area (Å²) in [4.78, 5) is 21.0. The first-order valence-electron chi connectivity index (χ1n) is 9.95. The van der Waals surface area contributed by atoms with E-state index in [0.29, 0.717) is 6.54 Å². The normalized spacial score (nSPS) is 14.0. The highest BCUT2D eigenvalue weighted by molar-refractivity contribution is 14.0. The van der Waals surface area contributed by atoms with E-state index in [0.717, 1.165) is 54.2 Å². The van der Waals surface area contributed by atoms with Gasteiger partial charge in [0.2, 0.25) is 5.91 Å². The summed E-state index contributed by atoms with van der Waals surface area (Å²) in [6.07, 6.45) is 0. The molecular weight excluding hydrogens is 529 g/mol. The quantitative estimate of drug-likeness (QED) is 0.325. The van der Waals surface area contributed by atoms with Crippen LogP contribution in [-0.2, 0) is 11.3 Å². The van der Waals surface area contributed by atoms with Crippen molar-refractivity contribution in [1.29, 1.82) is 0 Å². The lowest BCUT2D eigenvalue weighted by atomic mass is 10.2. The average molecular weight is 558 g/mol. The van der Waals surface area contributed by atoms with E-state index in [2.05, 4.69) is 31.5 Å². The number of rotatable bonds is 6. The number of nitrogens with zero attached hydrogens (tertiary/aromatic N) is 3. The molecule has 168 valence electrons. The molecule has 2 aromatic rings. The van der Waals surface area contributed by atoms with Gasteiger partial charge in [-0.1, -0.05) is 29.8 Å². The number of aliphatic imine (C=N–C) groups is 1. The van der Waals surface area contributed by atoms with Crippen LogP contribution in [0, 0.1) is 0 Å². The molecule has 2 aromatic carbocycles. The Kier molecular flexibility index (Phi) is 10.2. The molecular formula is C22H29ClIN5O2. The molecule has 7 nitrogen and oxygen atoms in total. The molecule has 2 N–H and O–H groups in total. The predicted octanol–water partition coefficient (Wildman–Crippen LogP) is 2.98. The Morgan fingerprint density at radius 3 is 2.42 bits per heavy atom. The second kappa shape index (κ2) is 12.6. The van der Waals surface area contributed by atoms with Crippen LogP contribution in [0.1, 0.15) is 5.56 Å². The van der Waals surface area contributed by atoms with E-state index >= 15 is 0 Å². The number of methoxy groups -OCH3 is 1. The average Bonchev–Trinajstić information content (AvgIpc) is 2.79. The second-order valence-electron chi connectivity index (χ2n) is 6.98. The molecule has 31 heavy (non-hydrogen) atoms. The van der Waals surface area contributed by atoms with E-state index in [-0.39, 0.29) is 36.4 Å². The molecule has 0 atom stereocenters. The van der Waals surface area contributed by atoms with Crippen LogP contribution in [0.25, 0.3) is 0 Å². The third kappa shape index (κ3) is 7.46. The number of piperazine rings is 1. The van der Waals surface area contributed by atoms with Gasteiger partial charge in [0, 0.05) is 50.5 Å². The standard InChI is InChI=1S/C22H28ClN5O2.HI/c1-24-22(26-16-21(29)25-15-17-6-8-20(30-2)9-7-17)28-12-10-27(11-13-28)19-5-3-4-18(23)14-19;/h3-9,14H,10-13,15-16H2,1-2H3,(H,24,26)(H,25,29);1H. The molecule has 0 saturated carbocycles. The zero-order valence-corrected chi connectivity index (χ0v) is 20.9. The van der Waals surface area contributed by atoms with E-state index in [1.165, 1.54) is 0 Å². The topological polar surface area (TPSA) is 69.2 Å². The van der Waals surface area contributed by atoms with Crippen molar-refractivity contribution in [3.8, 4) is 5.75 Å². The maximum Gasteiger partial charge on any atom is 0.239 e. The first-order valence-corrected chi connectivity index (χ1v) is 10.3. The lowest BCUT2D eigenvalue weighted by Gasteiger charge is -2.37. The highest BCUT2D eigenvalue weighted by Gasteiger charge is 2.20. The Morgan fingerprint density at radius 2 is 1.81 bits per heavy atom. The Morgan fingerprint density at radius 1 is 1.10 bits per heavy atom. The van der Waals surface area contributed by atoms with Crippen LogP contribution >= 0.6 is 35.6 Å². The van der Waals surface area contributed by atoms with Crippen LogP contribution in [0.5, 0.6) is 5.75 Å². The number of benzene rings is 2. The second-order valence-corrected chi connectivity index (χ2v) is 7.42. The number of hydrogen-bond donors (Lipinski definition) is 2. The van der Waals surface area contributed by atoms with Crippen LogP contribution in [0.15, 0.2) is 53.5 Å². The maximum absolute atomic E-state index is 12.2. The first-order chi connectivity index (χ1) is 14.6. The minimum Gasteiger partial charge on any atom is -0.497 e. The Bertz CT molecular complexity index is 870. The lowest BCUT2D eigenvalue weighted by Crippen LogP contribution is -2.53. The van der Waals surface area contributed by atoms with Gasteiger partial charge in [0.25, 0.3) is 0 Å². The van der Waals surface area contributed by atoms with Crippen molar-refractivity contribution in [2.24, 2.45) is 4.99 Å². The minimum absolute atomic E-state index is 0. The van der Waals surface area contributed by atoms with Crippen LogP contribution in [0.4, 0.5) is 5.69 Å². The van der Waals surface area contributed by atoms with Crippen molar-refractivity contribution in [1.82, 2.24) is 15.5 Å². The fraction of sp³-hybridized carbons (Fsp3) is 0.364. The molecule has 9 heteroatoms. The number of halogens is 2. The molecule has 0 bridgehead atoms. The number of amides is 1. The van der Waals surface area contributed by atoms with Gasteiger partial charge < -0.3 is 25.2 Å². The molecule has 3 rings (SSSR count). The number of ether oxygens (including phenoxy) is 1. The van der Waals surface area contributed by atoms with Gasteiger partial charge in [-0.25, -0.2) is 0 Å². The summed E-state index contributed by atoms with van der Waals surface area (Å²) in [5, 5.41) is 6.82. The summed E-state index contributed by atoms with van der Waals surface area (Å²) in [6.45, 7) is 4.02. The summed E-state index contributed by atoms with van der Waals surface area (Å²) in [6, 6.07) is 15.5. The molecule has 1 saturated heterocycles. The summed E-state index contributed by atoms with van der Waals surface area (Å²) in [5.74, 6) is 1.45. The highest BCUT2D eigenvalue weighted by Crippen LogP contribution is 2.20. The lowest BCUT2D eigenvalue weighted by molar-refractivity contribution is -0.120. The molecule has 0 aliphatic carbocycles. The number of guanidine groups is 1. The summed E-state index contributed by atoms with van der Waals surface area (Å²) < 4.78 is 5.14. The number of carbonyl (C=O) groups excluding carboxylic acids is 1. The van der Waals surface area contributed by atoms with Gasteiger partial charge in [-0.05, 0) is 35.9 Å². The molecule has 1 amide bonds. The smallest absolute Gasteiger partial charge is 0.239 e. The number of anilines is 1. The SMILES string of the molecule is CN=C(NCC(=O)NCc1ccc(OC)cc1)N1CCN(c2cccc(Cl)c2)CC1.I. The number of hydrogen-bond acceptors (Lipinski definition) is 4. The maximum atomic E-state index is 12.2. The molecule has 0 spiro atoms. The predicted molar refractivity (Wildman–Crippen MR) is 137 cm³/mol. The van der Waals surface area contributed by atoms with Crippen molar-refractivity contribution >= 4 is 53.1 Å². The molecule has 0 radical (unpaired) electrons. The van der Waals surface area contributed by atoms with Crippen molar-refractivity contribution < 1.29 is 9.53 Å². The first kappa shape index (κ1) is 25.1. The van der Waals surface area contributed by atoms with Gasteiger partial charge in [0.05, 0.1) is 13.7 Å². The third-order valence-electron chi connectivity index (χ3n) is 5.02. The fourth-order valence-corrected chi connectivity index (χ4v) is 3.53. The van der Waals surface area contributed by atoms with Crippen molar-refractivity contribution in [3.05, 3.63) is 59.1 Å². The Balaban J connectivity index is 0.00000341. The van der Waals surface area contributed by atoms with Gasteiger partial charge in [0.15, 0.2) is 5.96 Å². The minimum atomic E-state index is -0.0791. The summed E-state index contributed by atoms with van der Waals surface area (Å²) >= 11 is 6.11. The van der Waals surface area contributed by atoms with Gasteiger partial charge in [-0.2, -0.15) is 0 Å². The highest BCUT2D eigenvalue weighted by atomic mass is 127. The van der Waals surface area contributed by atoms with Crippen molar-refractivity contribution in [2.75, 3.05) is 51.8 Å². The van der Waals surface area contributed by atoms with Gasteiger partial charge >= 0.3 is 0 Å². The van der Waals surface area contributed by atoms with Gasteiger partial charge in [-0.3, -0.25) is 9.79 Å². The van der Waals surface area contributed by atoms with E-state index in [1.54, 1.807) is 14.2 Å². The fourth-order valence-electron chi connectivity index (χ4n) is 3.35. The van der Waals surface area contributed by atoms with Gasteiger partial charge in [0.1, 0.15) is 5.75 Å². The summed E-state index contributed by atoms with van der Waals surface area (Å²) in [5.41, 5.74) is 2.15. The Labute approximate surface area is 205 Å². The number of carbonyl (C=O) groups is 1. The molecule has 0 aromatic heterocycles. The van der Waals surface area contributed by atoms with E-state index in [1.807, 2.05) is 42.5 Å². The summed E-state index contributed by atoms with van der Waals surface area (Å²) in [7, 11) is 3.37. The van der Waals surface area contributed by atoms with E-state index < -0.39 is 0 Å². The molecule has 1 aliphatic heterocycles. The van der Waals surface area contributed by atoms with E-state index in [4.69, 9.17) is 16.3 Å². The van der Waals surface area contributed by atoms with Gasteiger partial charge in [-0.15, -0.1) is 24.0 Å². The van der Waals surface area contributed by atoms with Crippen LogP contribution < -0.4 is 20.3 Å². The Hall–Kier alpha value is -2.20. The van der Waals surface area contributed by atoms with Crippen LogP contribution in [-0.4, -0.2) is 63.6 Å². The van der Waals surface area contributed by atoms with E-state index in [9.17, 15) is 4.79 Å². The zero-order chi connectivity index (χ0) is 21.3. The zero-order valence-electron chi connectivity index (χ0n) is 17.8. The molecule has 0 unspecified atom stereocenters.